The van der Waals surface area contributed by atoms with Crippen LogP contribution < -0.4 is 5.56 Å². The van der Waals surface area contributed by atoms with Gasteiger partial charge in [-0.15, -0.1) is 0 Å². The number of nitrogens with one attached hydrogen (secondary N) is 1. The smallest absolute Gasteiger partial charge is 0.267 e. The van der Waals surface area contributed by atoms with Crippen LogP contribution >= 0.6 is 0 Å². The Morgan fingerprint density at radius 2 is 1.50 bits per heavy atom. The van der Waals surface area contributed by atoms with Crippen molar-refractivity contribution >= 4 is 10.8 Å². The average molecular weight is 266 g/mol. The van der Waals surface area contributed by atoms with E-state index in [4.69, 9.17) is 0 Å². The van der Waals surface area contributed by atoms with E-state index >= 15 is 0 Å². The van der Waals surface area contributed by atoms with E-state index in [0.717, 1.165) is 16.6 Å². The Bertz CT molecular complexity index is 758. The summed E-state index contributed by atoms with van der Waals surface area (Å²) in [4.78, 5) is 11.7. The molecule has 0 amide bonds. The lowest BCUT2D eigenvalue weighted by Crippen LogP contribution is -2.09. The number of benzene rings is 2. The Morgan fingerprint density at radius 3 is 2.15 bits per heavy atom. The third-order valence-electron chi connectivity index (χ3n) is 3.02. The summed E-state index contributed by atoms with van der Waals surface area (Å²) in [6.07, 6.45) is 0. The molecule has 0 aliphatic heterocycles. The summed E-state index contributed by atoms with van der Waals surface area (Å²) in [5, 5.41) is 8.27. The van der Waals surface area contributed by atoms with Gasteiger partial charge in [-0.2, -0.15) is 5.10 Å². The fourth-order valence-electron chi connectivity index (χ4n) is 2.05. The molecule has 1 aromatic heterocycles. The van der Waals surface area contributed by atoms with Crippen LogP contribution in [0, 0.1) is 6.92 Å². The fourth-order valence-corrected chi connectivity index (χ4v) is 2.05. The first kappa shape index (κ1) is 14.0. The maximum Gasteiger partial charge on any atom is 0.272 e. The fraction of sp³-hybridized carbons (Fsp3) is 0.176. The predicted octanol–water partition coefficient (Wildman–Crippen LogP) is 3.92. The Balaban J connectivity index is 0.000000704. The van der Waals surface area contributed by atoms with E-state index in [2.05, 4.69) is 10.2 Å². The molecular formula is C17H18N2O. The van der Waals surface area contributed by atoms with Crippen LogP contribution in [-0.4, -0.2) is 10.2 Å². The van der Waals surface area contributed by atoms with E-state index < -0.39 is 0 Å². The molecule has 3 aromatic rings. The van der Waals surface area contributed by atoms with Crippen molar-refractivity contribution in [2.45, 2.75) is 20.8 Å². The first-order valence-corrected chi connectivity index (χ1v) is 6.80. The van der Waals surface area contributed by atoms with Crippen LogP contribution in [0.3, 0.4) is 0 Å². The third-order valence-corrected chi connectivity index (χ3v) is 3.02. The van der Waals surface area contributed by atoms with Crippen molar-refractivity contribution in [1.82, 2.24) is 10.2 Å². The maximum atomic E-state index is 11.7. The zero-order chi connectivity index (χ0) is 14.5. The number of aromatic nitrogens is 2. The van der Waals surface area contributed by atoms with E-state index in [-0.39, 0.29) is 5.56 Å². The highest BCUT2D eigenvalue weighted by molar-refractivity contribution is 5.93. The highest BCUT2D eigenvalue weighted by atomic mass is 16.1. The predicted molar refractivity (Wildman–Crippen MR) is 83.9 cm³/mol. The van der Waals surface area contributed by atoms with Crippen LogP contribution in [0.5, 0.6) is 0 Å². The van der Waals surface area contributed by atoms with Gasteiger partial charge in [-0.3, -0.25) is 4.79 Å². The van der Waals surface area contributed by atoms with Crippen molar-refractivity contribution in [1.29, 1.82) is 0 Å². The summed E-state index contributed by atoms with van der Waals surface area (Å²) in [6, 6.07) is 15.6. The van der Waals surface area contributed by atoms with E-state index in [1.54, 1.807) is 0 Å². The molecule has 1 heterocycles. The van der Waals surface area contributed by atoms with Gasteiger partial charge in [0, 0.05) is 10.9 Å². The standard InChI is InChI=1S/C15H12N2O.C2H6/c1-10-6-8-11(9-7-10)14-12-4-2-3-5-13(12)15(18)17-16-14;1-2/h2-9H,1H3,(H,17,18);1-2H3. The molecule has 20 heavy (non-hydrogen) atoms. The molecule has 0 fully saturated rings. The Labute approximate surface area is 118 Å². The average Bonchev–Trinajstić information content (AvgIpc) is 2.51. The molecule has 1 N–H and O–H groups in total. The molecular weight excluding hydrogens is 248 g/mol. The van der Waals surface area contributed by atoms with Crippen LogP contribution in [-0.2, 0) is 0 Å². The second kappa shape index (κ2) is 6.15. The minimum absolute atomic E-state index is 0.151. The van der Waals surface area contributed by atoms with Gasteiger partial charge in [-0.25, -0.2) is 5.10 Å². The van der Waals surface area contributed by atoms with Gasteiger partial charge in [0.2, 0.25) is 0 Å². The molecule has 0 bridgehead atoms. The quantitative estimate of drug-likeness (QED) is 0.725. The summed E-state index contributed by atoms with van der Waals surface area (Å²) >= 11 is 0. The van der Waals surface area contributed by atoms with Crippen LogP contribution in [0.4, 0.5) is 0 Å². The zero-order valence-corrected chi connectivity index (χ0v) is 12.0. The van der Waals surface area contributed by atoms with E-state index in [1.807, 2.05) is 69.3 Å². The molecule has 102 valence electrons. The monoisotopic (exact) mass is 266 g/mol. The molecule has 0 saturated heterocycles. The first-order valence-electron chi connectivity index (χ1n) is 6.80. The molecule has 3 rings (SSSR count). The lowest BCUT2D eigenvalue weighted by molar-refractivity contribution is 1.02. The van der Waals surface area contributed by atoms with Gasteiger partial charge in [-0.1, -0.05) is 61.9 Å². The molecule has 0 unspecified atom stereocenters. The number of hydrogen-bond donors (Lipinski definition) is 1. The molecule has 0 spiro atoms. The molecule has 0 atom stereocenters. The van der Waals surface area contributed by atoms with Gasteiger partial charge in [0.25, 0.3) is 5.56 Å². The van der Waals surface area contributed by atoms with Gasteiger partial charge in [0.05, 0.1) is 11.1 Å². The van der Waals surface area contributed by atoms with Crippen LogP contribution in [0.15, 0.2) is 53.3 Å². The summed E-state index contributed by atoms with van der Waals surface area (Å²) in [5.41, 5.74) is 2.87. The van der Waals surface area contributed by atoms with Crippen molar-refractivity contribution in [3.8, 4) is 11.3 Å². The molecule has 3 heteroatoms. The minimum Gasteiger partial charge on any atom is -0.267 e. The van der Waals surface area contributed by atoms with E-state index in [0.29, 0.717) is 5.39 Å². The van der Waals surface area contributed by atoms with E-state index in [9.17, 15) is 4.79 Å². The second-order valence-electron chi connectivity index (χ2n) is 4.31. The summed E-state index contributed by atoms with van der Waals surface area (Å²) in [7, 11) is 0. The molecule has 0 saturated carbocycles. The molecule has 0 aliphatic carbocycles. The SMILES string of the molecule is CC.Cc1ccc(-c2n[nH]c(=O)c3ccccc23)cc1. The summed E-state index contributed by atoms with van der Waals surface area (Å²) < 4.78 is 0. The van der Waals surface area contributed by atoms with Crippen molar-refractivity contribution in [2.24, 2.45) is 0 Å². The highest BCUT2D eigenvalue weighted by Gasteiger charge is 2.07. The zero-order valence-electron chi connectivity index (χ0n) is 12.0. The van der Waals surface area contributed by atoms with Gasteiger partial charge in [-0.05, 0) is 13.0 Å². The van der Waals surface area contributed by atoms with Crippen LogP contribution in [0.1, 0.15) is 19.4 Å². The normalized spacial score (nSPS) is 9.95. The van der Waals surface area contributed by atoms with E-state index in [1.165, 1.54) is 5.56 Å². The third kappa shape index (κ3) is 2.62. The lowest BCUT2D eigenvalue weighted by atomic mass is 10.0. The number of H-pyrrole nitrogens is 1. The number of aromatic amines is 1. The van der Waals surface area contributed by atoms with Crippen LogP contribution in [0.2, 0.25) is 0 Å². The Hall–Kier alpha value is -2.42. The number of hydrogen-bond acceptors (Lipinski definition) is 2. The largest absolute Gasteiger partial charge is 0.272 e. The van der Waals surface area contributed by atoms with Crippen molar-refractivity contribution in [2.75, 3.05) is 0 Å². The molecule has 2 aromatic carbocycles. The number of fused-ring (bicyclic) bond motifs is 1. The van der Waals surface area contributed by atoms with Gasteiger partial charge >= 0.3 is 0 Å². The Kier molecular flexibility index (Phi) is 4.31. The highest BCUT2D eigenvalue weighted by Crippen LogP contribution is 2.23. The second-order valence-corrected chi connectivity index (χ2v) is 4.31. The number of aryl methyl sites for hydroxylation is 1. The number of nitrogens with zero attached hydrogens (tertiary/aromatic N) is 1. The molecule has 0 radical (unpaired) electrons. The van der Waals surface area contributed by atoms with Crippen molar-refractivity contribution < 1.29 is 0 Å². The lowest BCUT2D eigenvalue weighted by Gasteiger charge is -2.05. The molecule has 0 aliphatic rings. The first-order chi connectivity index (χ1) is 9.75. The van der Waals surface area contributed by atoms with Crippen LogP contribution in [0.25, 0.3) is 22.0 Å². The van der Waals surface area contributed by atoms with Gasteiger partial charge in [0.15, 0.2) is 0 Å². The van der Waals surface area contributed by atoms with Gasteiger partial charge < -0.3 is 0 Å². The topological polar surface area (TPSA) is 45.8 Å². The summed E-state index contributed by atoms with van der Waals surface area (Å²) in [6.45, 7) is 6.04. The molecule has 3 nitrogen and oxygen atoms in total. The summed E-state index contributed by atoms with van der Waals surface area (Å²) in [5.74, 6) is 0. The van der Waals surface area contributed by atoms with Crippen molar-refractivity contribution in [3.63, 3.8) is 0 Å². The van der Waals surface area contributed by atoms with Gasteiger partial charge in [0.1, 0.15) is 0 Å². The Morgan fingerprint density at radius 1 is 0.900 bits per heavy atom. The minimum atomic E-state index is -0.151. The number of rotatable bonds is 1. The van der Waals surface area contributed by atoms with Crippen molar-refractivity contribution in [3.05, 3.63) is 64.4 Å². The maximum absolute atomic E-state index is 11.7.